The Hall–Kier alpha value is -2.69. The molecule has 1 amide bonds. The number of aromatic nitrogens is 2. The Morgan fingerprint density at radius 2 is 2.00 bits per heavy atom. The number of hydrogen-bond acceptors (Lipinski definition) is 3. The third-order valence-corrected chi connectivity index (χ3v) is 5.02. The van der Waals surface area contributed by atoms with Gasteiger partial charge in [-0.05, 0) is 45.4 Å². The zero-order valence-electron chi connectivity index (χ0n) is 15.9. The van der Waals surface area contributed by atoms with Crippen LogP contribution in [0.15, 0.2) is 46.8 Å². The van der Waals surface area contributed by atoms with E-state index in [1.165, 1.54) is 18.4 Å². The Kier molecular flexibility index (Phi) is 6.58. The molecular weight excluding hydrogens is 338 g/mol. The number of nitrogens with one attached hydrogen (secondary N) is 2. The first-order valence-electron chi connectivity index (χ1n) is 9.73. The Labute approximate surface area is 159 Å². The molecule has 0 aliphatic heterocycles. The van der Waals surface area contributed by atoms with Crippen molar-refractivity contribution in [1.82, 2.24) is 15.3 Å². The van der Waals surface area contributed by atoms with Gasteiger partial charge in [0.25, 0.3) is 5.56 Å². The Morgan fingerprint density at radius 3 is 2.70 bits per heavy atom. The van der Waals surface area contributed by atoms with Gasteiger partial charge in [-0.2, -0.15) is 0 Å². The van der Waals surface area contributed by atoms with Crippen molar-refractivity contribution >= 4 is 5.91 Å². The standard InChI is InChI=1S/C22H27N3O2/c1-16-19(22(27)25-21(24-16)18-10-6-3-7-11-18)12-13-20(26)23-15-14-17-8-4-2-5-9-17/h3,6-8,10-11H,2,4-5,9,12-15H2,1H3,(H,23,26)(H,24,25,27). The lowest BCUT2D eigenvalue weighted by Crippen LogP contribution is -2.26. The van der Waals surface area contributed by atoms with Gasteiger partial charge in [0.1, 0.15) is 5.82 Å². The van der Waals surface area contributed by atoms with Gasteiger partial charge in [0.15, 0.2) is 0 Å². The molecule has 0 fully saturated rings. The summed E-state index contributed by atoms with van der Waals surface area (Å²) in [6, 6.07) is 9.56. The van der Waals surface area contributed by atoms with Crippen LogP contribution in [0.3, 0.4) is 0 Å². The minimum atomic E-state index is -0.165. The molecule has 0 bridgehead atoms. The maximum Gasteiger partial charge on any atom is 0.254 e. The number of benzene rings is 1. The van der Waals surface area contributed by atoms with E-state index in [-0.39, 0.29) is 11.5 Å². The summed E-state index contributed by atoms with van der Waals surface area (Å²) >= 11 is 0. The first-order valence-corrected chi connectivity index (χ1v) is 9.73. The van der Waals surface area contributed by atoms with Crippen LogP contribution in [0.1, 0.15) is 49.8 Å². The number of allylic oxidation sites excluding steroid dienone is 1. The fraction of sp³-hybridized carbons (Fsp3) is 0.409. The number of carbonyl (C=O) groups is 1. The average molecular weight is 365 g/mol. The quantitative estimate of drug-likeness (QED) is 0.735. The van der Waals surface area contributed by atoms with E-state index in [0.717, 1.165) is 24.8 Å². The fourth-order valence-corrected chi connectivity index (χ4v) is 3.46. The van der Waals surface area contributed by atoms with E-state index < -0.39 is 0 Å². The molecular formula is C22H27N3O2. The largest absolute Gasteiger partial charge is 0.356 e. The summed E-state index contributed by atoms with van der Waals surface area (Å²) < 4.78 is 0. The molecule has 5 nitrogen and oxygen atoms in total. The van der Waals surface area contributed by atoms with Gasteiger partial charge in [-0.3, -0.25) is 9.59 Å². The summed E-state index contributed by atoms with van der Waals surface area (Å²) in [7, 11) is 0. The summed E-state index contributed by atoms with van der Waals surface area (Å²) in [6.45, 7) is 2.50. The molecule has 1 aromatic heterocycles. The molecule has 3 rings (SSSR count). The van der Waals surface area contributed by atoms with Crippen molar-refractivity contribution < 1.29 is 4.79 Å². The SMILES string of the molecule is Cc1nc(-c2ccccc2)[nH]c(=O)c1CCC(=O)NCCC1=CCCCC1. The third kappa shape index (κ3) is 5.39. The van der Waals surface area contributed by atoms with Crippen molar-refractivity contribution in [2.24, 2.45) is 0 Å². The molecule has 0 saturated carbocycles. The molecule has 2 N–H and O–H groups in total. The van der Waals surface area contributed by atoms with Crippen LogP contribution in [0, 0.1) is 6.92 Å². The highest BCUT2D eigenvalue weighted by Gasteiger charge is 2.12. The second kappa shape index (κ2) is 9.31. The van der Waals surface area contributed by atoms with E-state index in [2.05, 4.69) is 21.4 Å². The van der Waals surface area contributed by atoms with Crippen molar-refractivity contribution in [3.63, 3.8) is 0 Å². The molecule has 5 heteroatoms. The van der Waals surface area contributed by atoms with Crippen molar-refractivity contribution in [3.8, 4) is 11.4 Å². The highest BCUT2D eigenvalue weighted by Crippen LogP contribution is 2.19. The monoisotopic (exact) mass is 365 g/mol. The molecule has 2 aromatic rings. The lowest BCUT2D eigenvalue weighted by molar-refractivity contribution is -0.121. The van der Waals surface area contributed by atoms with E-state index in [9.17, 15) is 9.59 Å². The van der Waals surface area contributed by atoms with Gasteiger partial charge in [-0.15, -0.1) is 0 Å². The van der Waals surface area contributed by atoms with Gasteiger partial charge >= 0.3 is 0 Å². The number of nitrogens with zero attached hydrogens (tertiary/aromatic N) is 1. The van der Waals surface area contributed by atoms with Crippen LogP contribution in [-0.4, -0.2) is 22.4 Å². The number of rotatable bonds is 7. The molecule has 0 unspecified atom stereocenters. The number of amides is 1. The number of aryl methyl sites for hydroxylation is 1. The zero-order chi connectivity index (χ0) is 19.1. The fourth-order valence-electron chi connectivity index (χ4n) is 3.46. The molecule has 1 aliphatic rings. The molecule has 0 atom stereocenters. The van der Waals surface area contributed by atoms with Gasteiger partial charge in [0.2, 0.25) is 5.91 Å². The average Bonchev–Trinajstić information content (AvgIpc) is 2.69. The van der Waals surface area contributed by atoms with Crippen LogP contribution in [-0.2, 0) is 11.2 Å². The second-order valence-electron chi connectivity index (χ2n) is 7.05. The maximum atomic E-state index is 12.4. The summed E-state index contributed by atoms with van der Waals surface area (Å²) in [4.78, 5) is 31.9. The van der Waals surface area contributed by atoms with Gasteiger partial charge in [-0.25, -0.2) is 4.98 Å². The molecule has 142 valence electrons. The number of aromatic amines is 1. The van der Waals surface area contributed by atoms with Crippen LogP contribution < -0.4 is 10.9 Å². The van der Waals surface area contributed by atoms with Crippen LogP contribution in [0.2, 0.25) is 0 Å². The van der Waals surface area contributed by atoms with Crippen LogP contribution in [0.25, 0.3) is 11.4 Å². The number of hydrogen-bond donors (Lipinski definition) is 2. The van der Waals surface area contributed by atoms with Gasteiger partial charge < -0.3 is 10.3 Å². The van der Waals surface area contributed by atoms with Crippen molar-refractivity contribution in [3.05, 3.63) is 63.6 Å². The zero-order valence-corrected chi connectivity index (χ0v) is 15.9. The minimum Gasteiger partial charge on any atom is -0.356 e. The third-order valence-electron chi connectivity index (χ3n) is 5.02. The maximum absolute atomic E-state index is 12.4. The van der Waals surface area contributed by atoms with E-state index in [1.807, 2.05) is 37.3 Å². The molecule has 1 heterocycles. The lowest BCUT2D eigenvalue weighted by Gasteiger charge is -2.13. The predicted molar refractivity (Wildman–Crippen MR) is 108 cm³/mol. The van der Waals surface area contributed by atoms with E-state index in [1.54, 1.807) is 0 Å². The van der Waals surface area contributed by atoms with E-state index >= 15 is 0 Å². The Bertz CT molecular complexity index is 869. The first kappa shape index (κ1) is 19.1. The summed E-state index contributed by atoms with van der Waals surface area (Å²) in [6.07, 6.45) is 8.79. The van der Waals surface area contributed by atoms with Gasteiger partial charge in [-0.1, -0.05) is 42.0 Å². The molecule has 27 heavy (non-hydrogen) atoms. The van der Waals surface area contributed by atoms with Crippen molar-refractivity contribution in [2.45, 2.75) is 51.9 Å². The Balaban J connectivity index is 1.53. The number of carbonyl (C=O) groups excluding carboxylic acids is 1. The van der Waals surface area contributed by atoms with Crippen molar-refractivity contribution in [2.75, 3.05) is 6.54 Å². The van der Waals surface area contributed by atoms with Crippen molar-refractivity contribution in [1.29, 1.82) is 0 Å². The predicted octanol–water partition coefficient (Wildman–Crippen LogP) is 3.68. The van der Waals surface area contributed by atoms with Gasteiger partial charge in [0, 0.05) is 29.8 Å². The number of H-pyrrole nitrogens is 1. The van der Waals surface area contributed by atoms with Crippen LogP contribution >= 0.6 is 0 Å². The van der Waals surface area contributed by atoms with Gasteiger partial charge in [0.05, 0.1) is 0 Å². The normalized spacial score (nSPS) is 13.9. The lowest BCUT2D eigenvalue weighted by atomic mass is 9.97. The highest BCUT2D eigenvalue weighted by molar-refractivity contribution is 5.76. The highest BCUT2D eigenvalue weighted by atomic mass is 16.1. The smallest absolute Gasteiger partial charge is 0.254 e. The first-order chi connectivity index (χ1) is 13.1. The van der Waals surface area contributed by atoms with E-state index in [4.69, 9.17) is 0 Å². The topological polar surface area (TPSA) is 74.8 Å². The Morgan fingerprint density at radius 1 is 1.19 bits per heavy atom. The minimum absolute atomic E-state index is 0.0163. The molecule has 1 aromatic carbocycles. The summed E-state index contributed by atoms with van der Waals surface area (Å²) in [5.74, 6) is 0.546. The summed E-state index contributed by atoms with van der Waals surface area (Å²) in [5, 5.41) is 2.96. The second-order valence-corrected chi connectivity index (χ2v) is 7.05. The van der Waals surface area contributed by atoms with E-state index in [0.29, 0.717) is 36.5 Å². The molecule has 0 saturated heterocycles. The summed E-state index contributed by atoms with van der Waals surface area (Å²) in [5.41, 5.74) is 3.42. The van der Waals surface area contributed by atoms with Crippen LogP contribution in [0.5, 0.6) is 0 Å². The molecule has 0 spiro atoms. The van der Waals surface area contributed by atoms with Crippen LogP contribution in [0.4, 0.5) is 0 Å². The molecule has 1 aliphatic carbocycles. The molecule has 0 radical (unpaired) electrons.